The fourth-order valence-corrected chi connectivity index (χ4v) is 2.22. The predicted molar refractivity (Wildman–Crippen MR) is 80.9 cm³/mol. The second-order valence-electron chi connectivity index (χ2n) is 4.47. The smallest absolute Gasteiger partial charge is 0.203 e. The molecule has 0 radical (unpaired) electrons. The average molecular weight is 272 g/mol. The molecule has 0 heterocycles. The summed E-state index contributed by atoms with van der Waals surface area (Å²) in [6.07, 6.45) is 1.01. The minimum Gasteiger partial charge on any atom is -0.493 e. The average Bonchev–Trinajstić information content (AvgIpc) is 2.53. The van der Waals surface area contributed by atoms with E-state index in [1.165, 1.54) is 5.56 Å². The van der Waals surface area contributed by atoms with Crippen LogP contribution in [0.4, 0.5) is 0 Å². The summed E-state index contributed by atoms with van der Waals surface area (Å²) in [5.41, 5.74) is 3.50. The quantitative estimate of drug-likeness (QED) is 0.825. The molecule has 0 bridgehead atoms. The predicted octanol–water partition coefficient (Wildman–Crippen LogP) is 3.94. The van der Waals surface area contributed by atoms with Crippen molar-refractivity contribution in [2.45, 2.75) is 13.3 Å². The minimum atomic E-state index is 0.616. The van der Waals surface area contributed by atoms with Crippen molar-refractivity contribution in [2.24, 2.45) is 0 Å². The first-order valence-corrected chi connectivity index (χ1v) is 6.62. The molecule has 0 fully saturated rings. The largest absolute Gasteiger partial charge is 0.493 e. The Bertz CT molecular complexity index is 566. The Morgan fingerprint density at radius 1 is 0.800 bits per heavy atom. The fraction of sp³-hybridized carbons (Fsp3) is 0.294. The number of methoxy groups -OCH3 is 3. The minimum absolute atomic E-state index is 0.616. The van der Waals surface area contributed by atoms with E-state index in [1.54, 1.807) is 21.3 Å². The van der Waals surface area contributed by atoms with Gasteiger partial charge in [0, 0.05) is 0 Å². The van der Waals surface area contributed by atoms with Gasteiger partial charge in [0.25, 0.3) is 0 Å². The van der Waals surface area contributed by atoms with Crippen LogP contribution in [0.2, 0.25) is 0 Å². The van der Waals surface area contributed by atoms with Gasteiger partial charge in [-0.3, -0.25) is 0 Å². The Morgan fingerprint density at radius 2 is 1.45 bits per heavy atom. The van der Waals surface area contributed by atoms with Gasteiger partial charge in [0.05, 0.1) is 21.3 Å². The van der Waals surface area contributed by atoms with E-state index in [4.69, 9.17) is 14.2 Å². The van der Waals surface area contributed by atoms with Crippen molar-refractivity contribution in [1.82, 2.24) is 0 Å². The van der Waals surface area contributed by atoms with Crippen molar-refractivity contribution < 1.29 is 14.2 Å². The lowest BCUT2D eigenvalue weighted by Gasteiger charge is -2.14. The van der Waals surface area contributed by atoms with Crippen LogP contribution in [0.3, 0.4) is 0 Å². The van der Waals surface area contributed by atoms with E-state index in [-0.39, 0.29) is 0 Å². The second kappa shape index (κ2) is 6.33. The van der Waals surface area contributed by atoms with Gasteiger partial charge in [-0.05, 0) is 35.2 Å². The van der Waals surface area contributed by atoms with E-state index in [0.717, 1.165) is 17.5 Å². The van der Waals surface area contributed by atoms with Crippen LogP contribution >= 0.6 is 0 Å². The normalized spacial score (nSPS) is 10.2. The van der Waals surface area contributed by atoms with E-state index in [0.29, 0.717) is 17.2 Å². The number of hydrogen-bond donors (Lipinski definition) is 0. The maximum atomic E-state index is 5.39. The van der Waals surface area contributed by atoms with Gasteiger partial charge >= 0.3 is 0 Å². The van der Waals surface area contributed by atoms with Crippen molar-refractivity contribution in [1.29, 1.82) is 0 Å². The summed E-state index contributed by atoms with van der Waals surface area (Å²) in [7, 11) is 4.87. The maximum absolute atomic E-state index is 5.39. The van der Waals surface area contributed by atoms with Crippen LogP contribution in [0, 0.1) is 0 Å². The lowest BCUT2D eigenvalue weighted by Crippen LogP contribution is -1.95. The Hall–Kier alpha value is -2.16. The first kappa shape index (κ1) is 14.3. The molecule has 0 saturated carbocycles. The lowest BCUT2D eigenvalue weighted by molar-refractivity contribution is 0.324. The van der Waals surface area contributed by atoms with Gasteiger partial charge in [0.2, 0.25) is 5.75 Å². The van der Waals surface area contributed by atoms with Crippen molar-refractivity contribution in [3.63, 3.8) is 0 Å². The molecule has 0 aromatic heterocycles. The van der Waals surface area contributed by atoms with Crippen LogP contribution in [0.5, 0.6) is 17.2 Å². The summed E-state index contributed by atoms with van der Waals surface area (Å²) in [6.45, 7) is 2.15. The Kier molecular flexibility index (Phi) is 4.51. The molecular formula is C17H20O3. The van der Waals surface area contributed by atoms with E-state index < -0.39 is 0 Å². The molecule has 0 aliphatic heterocycles. The molecule has 2 aromatic rings. The molecular weight excluding hydrogens is 252 g/mol. The molecule has 2 rings (SSSR count). The molecule has 0 amide bonds. The Morgan fingerprint density at radius 3 is 1.95 bits per heavy atom. The number of aryl methyl sites for hydroxylation is 1. The standard InChI is InChI=1S/C17H20O3/c1-5-12-7-6-8-13(9-12)14-10-15(18-2)17(20-4)16(11-14)19-3/h6-11H,5H2,1-4H3. The number of hydrogen-bond acceptors (Lipinski definition) is 3. The number of benzene rings is 2. The highest BCUT2D eigenvalue weighted by Crippen LogP contribution is 2.41. The molecule has 0 spiro atoms. The van der Waals surface area contributed by atoms with Gasteiger partial charge in [-0.2, -0.15) is 0 Å². The molecule has 0 saturated heterocycles. The Labute approximate surface area is 120 Å². The van der Waals surface area contributed by atoms with Gasteiger partial charge in [-0.15, -0.1) is 0 Å². The van der Waals surface area contributed by atoms with Gasteiger partial charge < -0.3 is 14.2 Å². The van der Waals surface area contributed by atoms with Crippen LogP contribution in [-0.2, 0) is 6.42 Å². The van der Waals surface area contributed by atoms with Crippen LogP contribution in [0.25, 0.3) is 11.1 Å². The molecule has 2 aromatic carbocycles. The van der Waals surface area contributed by atoms with Gasteiger partial charge in [-0.1, -0.05) is 31.2 Å². The summed E-state index contributed by atoms with van der Waals surface area (Å²) < 4.78 is 16.1. The zero-order valence-corrected chi connectivity index (χ0v) is 12.4. The SMILES string of the molecule is CCc1cccc(-c2cc(OC)c(OC)c(OC)c2)c1. The number of ether oxygens (including phenoxy) is 3. The molecule has 3 nitrogen and oxygen atoms in total. The molecule has 0 atom stereocenters. The van der Waals surface area contributed by atoms with E-state index >= 15 is 0 Å². The molecule has 0 aliphatic carbocycles. The molecule has 0 aliphatic rings. The summed E-state index contributed by atoms with van der Waals surface area (Å²) in [5, 5.41) is 0. The summed E-state index contributed by atoms with van der Waals surface area (Å²) >= 11 is 0. The van der Waals surface area contributed by atoms with Crippen LogP contribution in [0.15, 0.2) is 36.4 Å². The van der Waals surface area contributed by atoms with Crippen LogP contribution < -0.4 is 14.2 Å². The maximum Gasteiger partial charge on any atom is 0.203 e. The highest BCUT2D eigenvalue weighted by Gasteiger charge is 2.14. The van der Waals surface area contributed by atoms with Crippen LogP contribution in [0.1, 0.15) is 12.5 Å². The summed E-state index contributed by atoms with van der Waals surface area (Å²) in [6, 6.07) is 12.4. The molecule has 3 heteroatoms. The van der Waals surface area contributed by atoms with E-state index in [9.17, 15) is 0 Å². The van der Waals surface area contributed by atoms with Gasteiger partial charge in [0.1, 0.15) is 0 Å². The van der Waals surface area contributed by atoms with Gasteiger partial charge in [0.15, 0.2) is 11.5 Å². The van der Waals surface area contributed by atoms with Crippen molar-refractivity contribution >= 4 is 0 Å². The third kappa shape index (κ3) is 2.72. The molecule has 106 valence electrons. The zero-order chi connectivity index (χ0) is 14.5. The lowest BCUT2D eigenvalue weighted by atomic mass is 10.0. The molecule has 0 N–H and O–H groups in total. The zero-order valence-electron chi connectivity index (χ0n) is 12.4. The summed E-state index contributed by atoms with van der Waals surface area (Å²) in [5.74, 6) is 1.96. The highest BCUT2D eigenvalue weighted by molar-refractivity contribution is 5.71. The first-order valence-electron chi connectivity index (χ1n) is 6.62. The number of rotatable bonds is 5. The van der Waals surface area contributed by atoms with E-state index in [1.807, 2.05) is 12.1 Å². The highest BCUT2D eigenvalue weighted by atomic mass is 16.5. The molecule has 0 unspecified atom stereocenters. The van der Waals surface area contributed by atoms with E-state index in [2.05, 4.69) is 31.2 Å². The van der Waals surface area contributed by atoms with Crippen molar-refractivity contribution in [3.8, 4) is 28.4 Å². The first-order chi connectivity index (χ1) is 9.73. The van der Waals surface area contributed by atoms with Crippen LogP contribution in [-0.4, -0.2) is 21.3 Å². The van der Waals surface area contributed by atoms with Crippen molar-refractivity contribution in [3.05, 3.63) is 42.0 Å². The molecule has 20 heavy (non-hydrogen) atoms. The third-order valence-electron chi connectivity index (χ3n) is 3.33. The topological polar surface area (TPSA) is 27.7 Å². The fourth-order valence-electron chi connectivity index (χ4n) is 2.22. The third-order valence-corrected chi connectivity index (χ3v) is 3.33. The monoisotopic (exact) mass is 272 g/mol. The summed E-state index contributed by atoms with van der Waals surface area (Å²) in [4.78, 5) is 0. The van der Waals surface area contributed by atoms with Crippen molar-refractivity contribution in [2.75, 3.05) is 21.3 Å². The second-order valence-corrected chi connectivity index (χ2v) is 4.47. The van der Waals surface area contributed by atoms with Gasteiger partial charge in [-0.25, -0.2) is 0 Å². The Balaban J connectivity index is 2.56.